The lowest BCUT2D eigenvalue weighted by atomic mass is 9.98. The third-order valence-corrected chi connectivity index (χ3v) is 7.18. The summed E-state index contributed by atoms with van der Waals surface area (Å²) in [5, 5.41) is 4.65. The van der Waals surface area contributed by atoms with E-state index in [1.165, 1.54) is 16.3 Å². The summed E-state index contributed by atoms with van der Waals surface area (Å²) in [6, 6.07) is 29.5. The van der Waals surface area contributed by atoms with Gasteiger partial charge in [-0.2, -0.15) is 0 Å². The van der Waals surface area contributed by atoms with E-state index in [4.69, 9.17) is 0 Å². The molecule has 0 radical (unpaired) electrons. The highest BCUT2D eigenvalue weighted by Gasteiger charge is 2.29. The zero-order chi connectivity index (χ0) is 23.6. The molecule has 0 bridgehead atoms. The van der Waals surface area contributed by atoms with E-state index in [1.807, 2.05) is 41.4 Å². The maximum atomic E-state index is 13.4. The molecule has 1 N–H and O–H groups in total. The summed E-state index contributed by atoms with van der Waals surface area (Å²) >= 11 is 0. The van der Waals surface area contributed by atoms with Crippen LogP contribution in [-0.2, 0) is 6.42 Å². The van der Waals surface area contributed by atoms with Gasteiger partial charge in [0.15, 0.2) is 0 Å². The number of rotatable bonds is 5. The van der Waals surface area contributed by atoms with Crippen LogP contribution in [0.4, 0.5) is 0 Å². The lowest BCUT2D eigenvalue weighted by molar-refractivity contribution is 0.0564. The molecule has 5 heteroatoms. The van der Waals surface area contributed by atoms with Crippen molar-refractivity contribution >= 4 is 27.5 Å². The second-order valence-corrected chi connectivity index (χ2v) is 9.26. The molecule has 1 unspecified atom stereocenters. The summed E-state index contributed by atoms with van der Waals surface area (Å²) in [5.41, 5.74) is 3.21. The minimum atomic E-state index is 0.120. The van der Waals surface area contributed by atoms with Crippen molar-refractivity contribution < 1.29 is 4.79 Å². The summed E-state index contributed by atoms with van der Waals surface area (Å²) in [5.74, 6) is 0.120. The first-order valence-corrected chi connectivity index (χ1v) is 12.2. The van der Waals surface area contributed by atoms with E-state index < -0.39 is 0 Å². The number of nitrogens with zero attached hydrogens (tertiary/aromatic N) is 3. The molecule has 5 aromatic rings. The number of fused-ring (bicyclic) bond motifs is 2. The van der Waals surface area contributed by atoms with Crippen LogP contribution in [-0.4, -0.2) is 51.9 Å². The van der Waals surface area contributed by atoms with Gasteiger partial charge < -0.3 is 9.88 Å². The third-order valence-electron chi connectivity index (χ3n) is 7.18. The molecular weight excluding hydrogens is 432 g/mol. The molecular formula is C30H28N4O. The van der Waals surface area contributed by atoms with Crippen molar-refractivity contribution in [1.29, 1.82) is 0 Å². The van der Waals surface area contributed by atoms with Crippen molar-refractivity contribution in [2.45, 2.75) is 12.5 Å². The predicted molar refractivity (Wildman–Crippen MR) is 140 cm³/mol. The number of aromatic amines is 1. The van der Waals surface area contributed by atoms with Gasteiger partial charge in [0.1, 0.15) is 0 Å². The third kappa shape index (κ3) is 4.31. The Morgan fingerprint density at radius 1 is 0.829 bits per heavy atom. The van der Waals surface area contributed by atoms with Crippen molar-refractivity contribution in [2.24, 2.45) is 0 Å². The van der Waals surface area contributed by atoms with E-state index in [1.54, 1.807) is 6.33 Å². The Hall–Kier alpha value is -3.96. The van der Waals surface area contributed by atoms with Crippen molar-refractivity contribution in [2.75, 3.05) is 26.2 Å². The van der Waals surface area contributed by atoms with E-state index in [-0.39, 0.29) is 11.9 Å². The first kappa shape index (κ1) is 21.6. The highest BCUT2D eigenvalue weighted by atomic mass is 16.2. The summed E-state index contributed by atoms with van der Waals surface area (Å²) in [6.07, 6.45) is 4.58. The molecule has 6 rings (SSSR count). The molecule has 5 nitrogen and oxygen atoms in total. The zero-order valence-corrected chi connectivity index (χ0v) is 19.6. The van der Waals surface area contributed by atoms with Crippen LogP contribution in [0, 0.1) is 0 Å². The quantitative estimate of drug-likeness (QED) is 0.379. The van der Waals surface area contributed by atoms with Crippen LogP contribution in [0.2, 0.25) is 0 Å². The Balaban J connectivity index is 1.20. The number of nitrogens with one attached hydrogen (secondary N) is 1. The number of amides is 1. The number of benzene rings is 4. The van der Waals surface area contributed by atoms with E-state index in [2.05, 4.69) is 69.5 Å². The molecule has 2 heterocycles. The second kappa shape index (κ2) is 9.35. The highest BCUT2D eigenvalue weighted by molar-refractivity contribution is 6.07. The monoisotopic (exact) mass is 460 g/mol. The lowest BCUT2D eigenvalue weighted by Gasteiger charge is -2.39. The Kier molecular flexibility index (Phi) is 5.76. The molecule has 1 aromatic heterocycles. The number of piperazine rings is 1. The molecule has 1 saturated heterocycles. The molecule has 35 heavy (non-hydrogen) atoms. The number of hydrogen-bond acceptors (Lipinski definition) is 3. The van der Waals surface area contributed by atoms with Crippen LogP contribution in [0.1, 0.15) is 27.7 Å². The Labute approximate surface area is 205 Å². The lowest BCUT2D eigenvalue weighted by Crippen LogP contribution is -2.50. The minimum absolute atomic E-state index is 0.120. The van der Waals surface area contributed by atoms with Gasteiger partial charge in [-0.3, -0.25) is 9.69 Å². The number of carbonyl (C=O) groups is 1. The minimum Gasteiger partial charge on any atom is -0.347 e. The fourth-order valence-corrected chi connectivity index (χ4v) is 5.29. The van der Waals surface area contributed by atoms with Gasteiger partial charge in [0, 0.05) is 37.9 Å². The maximum absolute atomic E-state index is 13.4. The van der Waals surface area contributed by atoms with Crippen molar-refractivity contribution in [1.82, 2.24) is 19.8 Å². The molecule has 0 aliphatic carbocycles. The summed E-state index contributed by atoms with van der Waals surface area (Å²) in [4.78, 5) is 25.5. The number of imidazole rings is 1. The molecule has 1 atom stereocenters. The fourth-order valence-electron chi connectivity index (χ4n) is 5.29. The van der Waals surface area contributed by atoms with Crippen LogP contribution in [0.25, 0.3) is 21.5 Å². The molecule has 4 aromatic carbocycles. The summed E-state index contributed by atoms with van der Waals surface area (Å²) < 4.78 is 0. The Morgan fingerprint density at radius 2 is 1.57 bits per heavy atom. The van der Waals surface area contributed by atoms with Crippen LogP contribution >= 0.6 is 0 Å². The summed E-state index contributed by atoms with van der Waals surface area (Å²) in [6.45, 7) is 3.08. The largest absolute Gasteiger partial charge is 0.347 e. The zero-order valence-electron chi connectivity index (χ0n) is 19.6. The van der Waals surface area contributed by atoms with Crippen molar-refractivity contribution in [3.63, 3.8) is 0 Å². The molecule has 0 spiro atoms. The van der Waals surface area contributed by atoms with Gasteiger partial charge >= 0.3 is 0 Å². The summed E-state index contributed by atoms with van der Waals surface area (Å²) in [7, 11) is 0. The Morgan fingerprint density at radius 3 is 2.37 bits per heavy atom. The van der Waals surface area contributed by atoms with Gasteiger partial charge in [-0.1, -0.05) is 78.9 Å². The fraction of sp³-hybridized carbons (Fsp3) is 0.200. The molecule has 1 fully saturated rings. The van der Waals surface area contributed by atoms with Crippen LogP contribution < -0.4 is 0 Å². The van der Waals surface area contributed by atoms with Gasteiger partial charge in [0.25, 0.3) is 5.91 Å². The number of aromatic nitrogens is 2. The second-order valence-electron chi connectivity index (χ2n) is 9.26. The Bertz CT molecular complexity index is 1460. The first-order valence-electron chi connectivity index (χ1n) is 12.2. The normalized spacial score (nSPS) is 15.5. The molecule has 174 valence electrons. The number of hydrogen-bond donors (Lipinski definition) is 1. The maximum Gasteiger partial charge on any atom is 0.254 e. The van der Waals surface area contributed by atoms with Crippen LogP contribution in [0.3, 0.4) is 0 Å². The van der Waals surface area contributed by atoms with Crippen LogP contribution in [0.5, 0.6) is 0 Å². The van der Waals surface area contributed by atoms with E-state index in [0.29, 0.717) is 13.1 Å². The predicted octanol–water partition coefficient (Wildman–Crippen LogP) is 5.46. The van der Waals surface area contributed by atoms with E-state index in [0.717, 1.165) is 41.5 Å². The highest BCUT2D eigenvalue weighted by Crippen LogP contribution is 2.28. The molecule has 1 aliphatic rings. The average molecular weight is 461 g/mol. The topological polar surface area (TPSA) is 52.2 Å². The van der Waals surface area contributed by atoms with E-state index in [9.17, 15) is 4.79 Å². The van der Waals surface area contributed by atoms with Crippen molar-refractivity contribution in [3.8, 4) is 0 Å². The molecule has 1 aliphatic heterocycles. The van der Waals surface area contributed by atoms with Crippen molar-refractivity contribution in [3.05, 3.63) is 114 Å². The van der Waals surface area contributed by atoms with Gasteiger partial charge in [-0.05, 0) is 39.6 Å². The van der Waals surface area contributed by atoms with E-state index >= 15 is 0 Å². The number of H-pyrrole nitrogens is 1. The average Bonchev–Trinajstić information content (AvgIpc) is 3.46. The SMILES string of the molecule is O=C(c1cccc2ccccc12)N1CCN(C(Cc2ccc3ccccc3c2)c2cnc[nH]2)CC1. The smallest absolute Gasteiger partial charge is 0.254 e. The number of carbonyl (C=O) groups excluding carboxylic acids is 1. The van der Waals surface area contributed by atoms with Gasteiger partial charge in [-0.25, -0.2) is 4.98 Å². The van der Waals surface area contributed by atoms with Crippen LogP contribution in [0.15, 0.2) is 97.5 Å². The molecule has 0 saturated carbocycles. The standard InChI is InChI=1S/C30H28N4O/c35-30(27-11-5-9-24-7-3-4-10-26(24)27)34-16-14-33(15-17-34)29(28-20-31-21-32-28)19-22-12-13-23-6-1-2-8-25(23)18-22/h1-13,18,20-21,29H,14-17,19H2,(H,31,32). The van der Waals surface area contributed by atoms with Gasteiger partial charge in [0.05, 0.1) is 18.1 Å². The first-order chi connectivity index (χ1) is 17.3. The van der Waals surface area contributed by atoms with Gasteiger partial charge in [0.2, 0.25) is 0 Å². The molecule has 1 amide bonds. The van der Waals surface area contributed by atoms with Gasteiger partial charge in [-0.15, -0.1) is 0 Å².